The number of ether oxygens (including phenoxy) is 4. The second kappa shape index (κ2) is 10.6. The van der Waals surface area contributed by atoms with Gasteiger partial charge in [0.2, 0.25) is 5.75 Å². The molecule has 9 heteroatoms. The first-order valence-corrected chi connectivity index (χ1v) is 9.52. The van der Waals surface area contributed by atoms with Crippen LogP contribution in [0.3, 0.4) is 0 Å². The normalized spacial score (nSPS) is 11.0. The highest BCUT2D eigenvalue weighted by atomic mass is 35.5. The second-order valence-electron chi connectivity index (χ2n) is 6.53. The number of nitrogens with one attached hydrogen (secondary N) is 1. The van der Waals surface area contributed by atoms with Gasteiger partial charge in [-0.2, -0.15) is 0 Å². The first kappa shape index (κ1) is 23.9. The zero-order valence-corrected chi connectivity index (χ0v) is 18.6. The van der Waals surface area contributed by atoms with Gasteiger partial charge in [0.25, 0.3) is 5.91 Å². The SMILES string of the molecule is COc1cc(/C=C(/NC(=O)COc2cc(C)c(Cl)c(C)c2)C(=O)O)cc(OC)c1OC. The lowest BCUT2D eigenvalue weighted by molar-refractivity contribution is -0.134. The van der Waals surface area contributed by atoms with Gasteiger partial charge in [-0.05, 0) is 60.9 Å². The molecule has 8 nitrogen and oxygen atoms in total. The van der Waals surface area contributed by atoms with Crippen LogP contribution in [0.25, 0.3) is 6.08 Å². The molecule has 31 heavy (non-hydrogen) atoms. The summed E-state index contributed by atoms with van der Waals surface area (Å²) in [5, 5.41) is 12.5. The largest absolute Gasteiger partial charge is 0.493 e. The van der Waals surface area contributed by atoms with E-state index in [0.29, 0.717) is 33.6 Å². The third-order valence-electron chi connectivity index (χ3n) is 4.28. The quantitative estimate of drug-likeness (QED) is 0.563. The molecule has 0 aliphatic heterocycles. The van der Waals surface area contributed by atoms with Crippen molar-refractivity contribution >= 4 is 29.6 Å². The number of hydrogen-bond acceptors (Lipinski definition) is 6. The molecule has 0 unspecified atom stereocenters. The molecule has 0 saturated heterocycles. The van der Waals surface area contributed by atoms with E-state index in [9.17, 15) is 14.7 Å². The zero-order valence-electron chi connectivity index (χ0n) is 17.9. The van der Waals surface area contributed by atoms with Crippen molar-refractivity contribution in [1.82, 2.24) is 5.32 Å². The summed E-state index contributed by atoms with van der Waals surface area (Å²) in [7, 11) is 4.35. The summed E-state index contributed by atoms with van der Waals surface area (Å²) in [4.78, 5) is 23.9. The predicted molar refractivity (Wildman–Crippen MR) is 116 cm³/mol. The van der Waals surface area contributed by atoms with Gasteiger partial charge in [0, 0.05) is 5.02 Å². The Balaban J connectivity index is 2.20. The Morgan fingerprint density at radius 1 is 1.00 bits per heavy atom. The van der Waals surface area contributed by atoms with E-state index in [4.69, 9.17) is 30.5 Å². The fraction of sp³-hybridized carbons (Fsp3) is 0.273. The number of carbonyl (C=O) groups is 2. The van der Waals surface area contributed by atoms with Gasteiger partial charge >= 0.3 is 5.97 Å². The summed E-state index contributed by atoms with van der Waals surface area (Å²) in [6, 6.07) is 6.53. The van der Waals surface area contributed by atoms with Gasteiger partial charge in [0.05, 0.1) is 21.3 Å². The maximum absolute atomic E-state index is 12.3. The van der Waals surface area contributed by atoms with Crippen LogP contribution >= 0.6 is 11.6 Å². The molecule has 0 atom stereocenters. The van der Waals surface area contributed by atoms with E-state index in [0.717, 1.165) is 11.1 Å². The first-order chi connectivity index (χ1) is 14.7. The predicted octanol–water partition coefficient (Wildman–Crippen LogP) is 3.60. The van der Waals surface area contributed by atoms with Crippen molar-refractivity contribution in [3.05, 3.63) is 51.7 Å². The highest BCUT2D eigenvalue weighted by Gasteiger charge is 2.16. The van der Waals surface area contributed by atoms with Crippen LogP contribution in [0.1, 0.15) is 16.7 Å². The van der Waals surface area contributed by atoms with Crippen molar-refractivity contribution in [3.63, 3.8) is 0 Å². The summed E-state index contributed by atoms with van der Waals surface area (Å²) in [5.41, 5.74) is 1.71. The number of carbonyl (C=O) groups excluding carboxylic acids is 1. The van der Waals surface area contributed by atoms with Crippen molar-refractivity contribution in [1.29, 1.82) is 0 Å². The van der Waals surface area contributed by atoms with Crippen LogP contribution in [0.5, 0.6) is 23.0 Å². The van der Waals surface area contributed by atoms with E-state index in [1.165, 1.54) is 27.4 Å². The number of aryl methyl sites for hydroxylation is 2. The Hall–Kier alpha value is -3.39. The van der Waals surface area contributed by atoms with Crippen LogP contribution in [0.15, 0.2) is 30.0 Å². The molecule has 0 heterocycles. The second-order valence-corrected chi connectivity index (χ2v) is 6.91. The number of carboxylic acid groups (broad SMARTS) is 1. The average Bonchev–Trinajstić information content (AvgIpc) is 2.74. The third-order valence-corrected chi connectivity index (χ3v) is 4.88. The summed E-state index contributed by atoms with van der Waals surface area (Å²) in [6.45, 7) is 3.27. The van der Waals surface area contributed by atoms with E-state index in [-0.39, 0.29) is 12.3 Å². The maximum atomic E-state index is 12.3. The minimum Gasteiger partial charge on any atom is -0.493 e. The van der Waals surface area contributed by atoms with Crippen molar-refractivity contribution in [2.24, 2.45) is 0 Å². The van der Waals surface area contributed by atoms with Gasteiger partial charge in [-0.15, -0.1) is 0 Å². The van der Waals surface area contributed by atoms with Gasteiger partial charge in [-0.25, -0.2) is 4.79 Å². The number of halogens is 1. The topological polar surface area (TPSA) is 103 Å². The Morgan fingerprint density at radius 2 is 1.55 bits per heavy atom. The molecule has 166 valence electrons. The molecule has 0 spiro atoms. The molecular weight excluding hydrogens is 426 g/mol. The lowest BCUT2D eigenvalue weighted by Gasteiger charge is -2.13. The summed E-state index contributed by atoms with van der Waals surface area (Å²) in [6.07, 6.45) is 1.28. The average molecular weight is 450 g/mol. The van der Waals surface area contributed by atoms with E-state index < -0.39 is 11.9 Å². The van der Waals surface area contributed by atoms with Gasteiger partial charge in [0.15, 0.2) is 18.1 Å². The van der Waals surface area contributed by atoms with Gasteiger partial charge in [-0.1, -0.05) is 11.6 Å². The van der Waals surface area contributed by atoms with E-state index >= 15 is 0 Å². The monoisotopic (exact) mass is 449 g/mol. The number of hydrogen-bond donors (Lipinski definition) is 2. The Morgan fingerprint density at radius 3 is 2.00 bits per heavy atom. The molecule has 2 rings (SSSR count). The van der Waals surface area contributed by atoms with Crippen molar-refractivity contribution in [2.75, 3.05) is 27.9 Å². The molecule has 0 bridgehead atoms. The van der Waals surface area contributed by atoms with Crippen LogP contribution in [-0.4, -0.2) is 44.9 Å². The molecule has 2 aromatic rings. The van der Waals surface area contributed by atoms with E-state index in [1.54, 1.807) is 24.3 Å². The summed E-state index contributed by atoms with van der Waals surface area (Å²) < 4.78 is 21.2. The van der Waals surface area contributed by atoms with Gasteiger partial charge < -0.3 is 29.4 Å². The number of amides is 1. The van der Waals surface area contributed by atoms with E-state index in [2.05, 4.69) is 5.32 Å². The maximum Gasteiger partial charge on any atom is 0.352 e. The van der Waals surface area contributed by atoms with Crippen molar-refractivity contribution in [3.8, 4) is 23.0 Å². The highest BCUT2D eigenvalue weighted by molar-refractivity contribution is 6.32. The molecule has 0 fully saturated rings. The summed E-state index contributed by atoms with van der Waals surface area (Å²) in [5.74, 6) is -0.432. The van der Waals surface area contributed by atoms with Crippen LogP contribution in [-0.2, 0) is 9.59 Å². The molecule has 0 saturated carbocycles. The van der Waals surface area contributed by atoms with Crippen molar-refractivity contribution < 1.29 is 33.6 Å². The lowest BCUT2D eigenvalue weighted by Crippen LogP contribution is -2.31. The summed E-state index contributed by atoms with van der Waals surface area (Å²) >= 11 is 6.12. The Labute approximate surface area is 185 Å². The fourth-order valence-electron chi connectivity index (χ4n) is 2.83. The molecule has 2 N–H and O–H groups in total. The molecular formula is C22H24ClNO7. The highest BCUT2D eigenvalue weighted by Crippen LogP contribution is 2.38. The standard InChI is InChI=1S/C22H24ClNO7/c1-12-6-15(7-13(2)20(12)23)31-11-19(25)24-16(22(26)27)8-14-9-17(28-3)21(30-5)18(10-14)29-4/h6-10H,11H2,1-5H3,(H,24,25)(H,26,27)/b16-8+. The lowest BCUT2D eigenvalue weighted by atomic mass is 10.1. The van der Waals surface area contributed by atoms with Crippen LogP contribution in [0.2, 0.25) is 5.02 Å². The minimum atomic E-state index is -1.32. The molecule has 1 amide bonds. The fourth-order valence-corrected chi connectivity index (χ4v) is 2.94. The van der Waals surface area contributed by atoms with Crippen LogP contribution < -0.4 is 24.3 Å². The third kappa shape index (κ3) is 6.05. The molecule has 0 aliphatic rings. The van der Waals surface area contributed by atoms with E-state index in [1.807, 2.05) is 13.8 Å². The number of aliphatic carboxylic acids is 1. The van der Waals surface area contributed by atoms with Crippen molar-refractivity contribution in [2.45, 2.75) is 13.8 Å². The number of benzene rings is 2. The smallest absolute Gasteiger partial charge is 0.352 e. The minimum absolute atomic E-state index is 0.341. The Kier molecular flexibility index (Phi) is 8.15. The van der Waals surface area contributed by atoms with Crippen LogP contribution in [0, 0.1) is 13.8 Å². The number of carboxylic acids is 1. The molecule has 0 radical (unpaired) electrons. The molecule has 0 aromatic heterocycles. The number of rotatable bonds is 9. The Bertz CT molecular complexity index is 969. The van der Waals surface area contributed by atoms with Gasteiger partial charge in [-0.3, -0.25) is 4.79 Å². The molecule has 2 aromatic carbocycles. The zero-order chi connectivity index (χ0) is 23.1. The van der Waals surface area contributed by atoms with Gasteiger partial charge in [0.1, 0.15) is 11.4 Å². The first-order valence-electron chi connectivity index (χ1n) is 9.14. The number of methoxy groups -OCH3 is 3. The van der Waals surface area contributed by atoms with Crippen LogP contribution in [0.4, 0.5) is 0 Å². The molecule has 0 aliphatic carbocycles.